The second-order valence-electron chi connectivity index (χ2n) is 23.8. The van der Waals surface area contributed by atoms with Gasteiger partial charge in [0.25, 0.3) is 0 Å². The van der Waals surface area contributed by atoms with Gasteiger partial charge in [0.05, 0.1) is 0 Å². The lowest BCUT2D eigenvalue weighted by Crippen LogP contribution is -2.30. The molecule has 4 fully saturated rings. The van der Waals surface area contributed by atoms with Crippen LogP contribution in [0.2, 0.25) is 0 Å². The van der Waals surface area contributed by atoms with E-state index in [1.165, 1.54) is 89.9 Å². The minimum absolute atomic E-state index is 0.147. The van der Waals surface area contributed by atoms with Crippen molar-refractivity contribution in [3.8, 4) is 0 Å². The average Bonchev–Trinajstić information content (AvgIpc) is 4.31. The van der Waals surface area contributed by atoms with Crippen LogP contribution < -0.4 is 0 Å². The second-order valence-corrected chi connectivity index (χ2v) is 29.6. The van der Waals surface area contributed by atoms with Crippen LogP contribution in [0.15, 0.2) is 0 Å². The zero-order valence-electron chi connectivity index (χ0n) is 46.9. The molecule has 0 bridgehead atoms. The molecule has 75 heavy (non-hydrogen) atoms. The van der Waals surface area contributed by atoms with Crippen LogP contribution in [-0.4, -0.2) is 54.6 Å². The van der Waals surface area contributed by atoms with Gasteiger partial charge in [-0.1, -0.05) is 194 Å². The largest absolute Gasteiger partial charge is 0.462 e. The van der Waals surface area contributed by atoms with E-state index in [4.69, 9.17) is 107 Å². The lowest BCUT2D eigenvalue weighted by Gasteiger charge is -2.18. The Morgan fingerprint density at radius 2 is 0.547 bits per heavy atom. The zero-order chi connectivity index (χ0) is 54.7. The van der Waals surface area contributed by atoms with Gasteiger partial charge in [-0.25, -0.2) is 0 Å². The summed E-state index contributed by atoms with van der Waals surface area (Å²) in [4.78, 5) is 38.7. The Kier molecular flexibility index (Phi) is 33.1. The van der Waals surface area contributed by atoms with Crippen molar-refractivity contribution >= 4 is 111 Å². The van der Waals surface area contributed by atoms with Crippen LogP contribution in [-0.2, 0) is 28.6 Å². The predicted molar refractivity (Wildman–Crippen MR) is 319 cm³/mol. The number of rotatable bonds is 49. The number of carbonyl (C=O) groups excluding carboxylic acids is 3. The minimum Gasteiger partial charge on any atom is -0.462 e. The second kappa shape index (κ2) is 36.3. The molecule has 4 rings (SSSR count). The highest BCUT2D eigenvalue weighted by molar-refractivity contribution is 6.52. The third-order valence-corrected chi connectivity index (χ3v) is 22.2. The molecule has 14 heteroatoms. The molecule has 0 saturated heterocycles. The van der Waals surface area contributed by atoms with E-state index in [2.05, 4.69) is 20.8 Å². The molecule has 0 aliphatic heterocycles. The van der Waals surface area contributed by atoms with Gasteiger partial charge in [-0.2, -0.15) is 0 Å². The molecule has 8 atom stereocenters. The van der Waals surface area contributed by atoms with Gasteiger partial charge < -0.3 is 14.2 Å². The van der Waals surface area contributed by atoms with Gasteiger partial charge >= 0.3 is 17.9 Å². The van der Waals surface area contributed by atoms with E-state index in [9.17, 15) is 14.4 Å². The molecule has 0 aromatic rings. The molecule has 0 radical (unpaired) electrons. The lowest BCUT2D eigenvalue weighted by atomic mass is 10.0. The summed E-state index contributed by atoms with van der Waals surface area (Å²) in [6.45, 7) is 6.40. The van der Waals surface area contributed by atoms with Crippen molar-refractivity contribution in [2.75, 3.05) is 13.2 Å². The molecule has 0 aromatic heterocycles. The molecule has 4 aliphatic rings. The fourth-order valence-corrected chi connectivity index (χ4v) is 16.0. The van der Waals surface area contributed by atoms with Crippen LogP contribution in [0.3, 0.4) is 0 Å². The summed E-state index contributed by atoms with van der Waals surface area (Å²) in [5, 5.41) is 0. The Balaban J connectivity index is 1.08. The van der Waals surface area contributed by atoms with Crippen molar-refractivity contribution in [1.29, 1.82) is 0 Å². The Bertz CT molecular complexity index is 1530. The van der Waals surface area contributed by atoms with Gasteiger partial charge in [-0.3, -0.25) is 14.4 Å². The van der Waals surface area contributed by atoms with Gasteiger partial charge in [0.2, 0.25) is 0 Å². The SMILES string of the molecule is CCCCCCCCC1C(CCCCCCCC(=O)OCC(COC(=O)CCCCCCCC2C(CCCCCCCC)C2(Cl)Cl)OC(=O)CCCCCCCC2C(CC3C(CCCCC)C3(Cl)Cl)C2(Cl)Cl)C1(Cl)Cl. The molecule has 6 nitrogen and oxygen atoms in total. The van der Waals surface area contributed by atoms with Gasteiger partial charge in [-0.05, 0) is 112 Å². The molecular formula is C61H102Cl8O6. The lowest BCUT2D eigenvalue weighted by molar-refractivity contribution is -0.167. The van der Waals surface area contributed by atoms with Crippen molar-refractivity contribution in [2.24, 2.45) is 47.3 Å². The first-order valence-electron chi connectivity index (χ1n) is 31.0. The van der Waals surface area contributed by atoms with Crippen LogP contribution in [0, 0.1) is 47.3 Å². The first-order valence-corrected chi connectivity index (χ1v) is 34.0. The summed E-state index contributed by atoms with van der Waals surface area (Å²) < 4.78 is 14.5. The number of halogens is 8. The molecule has 0 heterocycles. The van der Waals surface area contributed by atoms with Crippen LogP contribution in [0.25, 0.3) is 0 Å². The molecule has 0 amide bonds. The molecule has 0 aromatic carbocycles. The van der Waals surface area contributed by atoms with Crippen molar-refractivity contribution in [2.45, 2.75) is 301 Å². The van der Waals surface area contributed by atoms with Crippen molar-refractivity contribution in [1.82, 2.24) is 0 Å². The van der Waals surface area contributed by atoms with Crippen LogP contribution in [0.1, 0.15) is 278 Å². The maximum Gasteiger partial charge on any atom is 0.306 e. The molecule has 438 valence electrons. The molecule has 0 spiro atoms. The number of esters is 3. The Hall–Kier alpha value is 0.730. The number of hydrogen-bond donors (Lipinski definition) is 0. The topological polar surface area (TPSA) is 78.9 Å². The Morgan fingerprint density at radius 1 is 0.320 bits per heavy atom. The van der Waals surface area contributed by atoms with Crippen LogP contribution >= 0.6 is 92.8 Å². The number of ether oxygens (including phenoxy) is 3. The van der Waals surface area contributed by atoms with Crippen LogP contribution in [0.4, 0.5) is 0 Å². The fraction of sp³-hybridized carbons (Fsp3) is 0.951. The summed E-state index contributed by atoms with van der Waals surface area (Å²) in [5.74, 6) is 1.70. The molecule has 8 unspecified atom stereocenters. The average molecular weight is 1220 g/mol. The highest BCUT2D eigenvalue weighted by atomic mass is 35.5. The van der Waals surface area contributed by atoms with E-state index in [1.54, 1.807) is 0 Å². The standard InChI is InChI=1S/C61H102Cl8O6/c1-4-7-10-12-17-26-35-47-49(58(47,62)63)37-28-19-14-22-31-40-55(70)73-44-46(45-74-56(71)41-32-23-15-20-29-38-50-48(59(50,64)65)36-27-18-13-11-8-5-2)75-57(72)42-33-24-16-21-30-39-52-54(61(52,68)69)43-53-51(60(53,66)67)34-25-9-6-3/h46-54H,4-45H2,1-3H3. The molecule has 4 saturated carbocycles. The minimum atomic E-state index is -0.861. The van der Waals surface area contributed by atoms with Crippen LogP contribution in [0.5, 0.6) is 0 Å². The first kappa shape index (κ1) is 68.2. The van der Waals surface area contributed by atoms with Crippen molar-refractivity contribution in [3.63, 3.8) is 0 Å². The maximum absolute atomic E-state index is 13.1. The predicted octanol–water partition coefficient (Wildman–Crippen LogP) is 21.3. The summed E-state index contributed by atoms with van der Waals surface area (Å²) >= 11 is 53.5. The van der Waals surface area contributed by atoms with Gasteiger partial charge in [0.1, 0.15) is 30.5 Å². The summed E-state index contributed by atoms with van der Waals surface area (Å²) in [6, 6.07) is 0. The third-order valence-electron chi connectivity index (χ3n) is 17.7. The van der Waals surface area contributed by atoms with E-state index in [0.717, 1.165) is 141 Å². The normalized spacial score (nSPS) is 25.6. The van der Waals surface area contributed by atoms with Gasteiger partial charge in [-0.15, -0.1) is 92.8 Å². The number of hydrogen-bond acceptors (Lipinski definition) is 6. The van der Waals surface area contributed by atoms with Gasteiger partial charge in [0, 0.05) is 19.3 Å². The maximum atomic E-state index is 13.1. The van der Waals surface area contributed by atoms with E-state index >= 15 is 0 Å². The Morgan fingerprint density at radius 3 is 0.867 bits per heavy atom. The summed E-state index contributed by atoms with van der Waals surface area (Å²) in [6.07, 6.45) is 40.5. The summed E-state index contributed by atoms with van der Waals surface area (Å²) in [5.41, 5.74) is 0. The van der Waals surface area contributed by atoms with E-state index in [-0.39, 0.29) is 68.1 Å². The number of unbranched alkanes of at least 4 members (excludes halogenated alkanes) is 24. The van der Waals surface area contributed by atoms with E-state index < -0.39 is 23.4 Å². The molecular weight excluding hydrogens is 1110 g/mol. The highest BCUT2D eigenvalue weighted by Crippen LogP contribution is 2.71. The fourth-order valence-electron chi connectivity index (χ4n) is 12.4. The third kappa shape index (κ3) is 25.0. The molecule has 4 aliphatic carbocycles. The molecule has 0 N–H and O–H groups in total. The van der Waals surface area contributed by atoms with Gasteiger partial charge in [0.15, 0.2) is 6.10 Å². The van der Waals surface area contributed by atoms with E-state index in [1.807, 2.05) is 0 Å². The van der Waals surface area contributed by atoms with Crippen molar-refractivity contribution in [3.05, 3.63) is 0 Å². The smallest absolute Gasteiger partial charge is 0.306 e. The number of alkyl halides is 8. The zero-order valence-corrected chi connectivity index (χ0v) is 52.9. The highest BCUT2D eigenvalue weighted by Gasteiger charge is 2.69. The number of carbonyl (C=O) groups is 3. The first-order chi connectivity index (χ1) is 35.9. The van der Waals surface area contributed by atoms with Crippen molar-refractivity contribution < 1.29 is 28.6 Å². The van der Waals surface area contributed by atoms with E-state index in [0.29, 0.717) is 36.0 Å². The summed E-state index contributed by atoms with van der Waals surface area (Å²) in [7, 11) is 0. The quantitative estimate of drug-likeness (QED) is 0.0261. The monoisotopic (exact) mass is 1210 g/mol. The Labute approximate surface area is 497 Å².